The van der Waals surface area contributed by atoms with Gasteiger partial charge in [0.1, 0.15) is 0 Å². The van der Waals surface area contributed by atoms with Crippen molar-refractivity contribution in [2.24, 2.45) is 13.0 Å². The van der Waals surface area contributed by atoms with Crippen molar-refractivity contribution in [2.45, 2.75) is 25.6 Å². The van der Waals surface area contributed by atoms with E-state index < -0.39 is 0 Å². The number of nitrogens with zero attached hydrogens (tertiary/aromatic N) is 2. The molecule has 1 amide bonds. The third kappa shape index (κ3) is 3.58. The number of hydrogen-bond acceptors (Lipinski definition) is 3. The number of amides is 1. The van der Waals surface area contributed by atoms with Crippen LogP contribution in [-0.4, -0.2) is 20.9 Å². The van der Waals surface area contributed by atoms with Crippen molar-refractivity contribution in [1.29, 1.82) is 0 Å². The summed E-state index contributed by atoms with van der Waals surface area (Å²) < 4.78 is 1.71. The molecule has 0 fully saturated rings. The molecule has 1 unspecified atom stereocenters. The average Bonchev–Trinajstić information content (AvgIpc) is 2.59. The second-order valence-corrected chi connectivity index (χ2v) is 4.49. The molecule has 0 radical (unpaired) electrons. The van der Waals surface area contributed by atoms with E-state index in [1.807, 2.05) is 27.1 Å². The highest BCUT2D eigenvalue weighted by molar-refractivity contribution is 7.81. The van der Waals surface area contributed by atoms with E-state index in [0.717, 1.165) is 5.56 Å². The number of thiol groups is 1. The Morgan fingerprint density at radius 3 is 2.80 bits per heavy atom. The van der Waals surface area contributed by atoms with Crippen molar-refractivity contribution in [2.75, 3.05) is 0 Å². The maximum absolute atomic E-state index is 11.5. The Bertz CT molecular complexity index is 335. The molecule has 1 rings (SSSR count). The molecule has 4 nitrogen and oxygen atoms in total. The zero-order valence-electron chi connectivity index (χ0n) is 9.27. The van der Waals surface area contributed by atoms with E-state index in [1.54, 1.807) is 10.9 Å². The zero-order valence-corrected chi connectivity index (χ0v) is 10.2. The summed E-state index contributed by atoms with van der Waals surface area (Å²) in [5.41, 5.74) is 0.995. The molecule has 1 heterocycles. The normalized spacial score (nSPS) is 12.9. The molecule has 1 aromatic rings. The van der Waals surface area contributed by atoms with E-state index in [-0.39, 0.29) is 17.1 Å². The molecule has 0 saturated heterocycles. The highest BCUT2D eigenvalue weighted by Gasteiger charge is 2.16. The predicted octanol–water partition coefficient (Wildman–Crippen LogP) is 0.991. The van der Waals surface area contributed by atoms with Gasteiger partial charge in [0.15, 0.2) is 0 Å². The lowest BCUT2D eigenvalue weighted by Gasteiger charge is -2.13. The van der Waals surface area contributed by atoms with Gasteiger partial charge in [0, 0.05) is 25.4 Å². The summed E-state index contributed by atoms with van der Waals surface area (Å²) in [7, 11) is 1.85. The Kier molecular flexibility index (Phi) is 4.20. The minimum absolute atomic E-state index is 0.0304. The van der Waals surface area contributed by atoms with Crippen molar-refractivity contribution in [3.63, 3.8) is 0 Å². The van der Waals surface area contributed by atoms with Crippen molar-refractivity contribution >= 4 is 18.5 Å². The van der Waals surface area contributed by atoms with Crippen LogP contribution in [-0.2, 0) is 18.4 Å². The van der Waals surface area contributed by atoms with Crippen LogP contribution in [0, 0.1) is 5.92 Å². The smallest absolute Gasteiger partial charge is 0.233 e. The quantitative estimate of drug-likeness (QED) is 0.754. The molecule has 0 aliphatic rings. The predicted molar refractivity (Wildman–Crippen MR) is 62.7 cm³/mol. The maximum Gasteiger partial charge on any atom is 0.233 e. The Labute approximate surface area is 95.5 Å². The van der Waals surface area contributed by atoms with Gasteiger partial charge in [-0.2, -0.15) is 17.7 Å². The van der Waals surface area contributed by atoms with Gasteiger partial charge in [0.2, 0.25) is 5.91 Å². The molecule has 0 bridgehead atoms. The summed E-state index contributed by atoms with van der Waals surface area (Å²) >= 11 is 4.24. The standard InChI is InChI=1S/C10H17N3OS/c1-7(2)9(15)10(14)11-4-8-5-12-13(3)6-8/h5-7,9,15H,4H2,1-3H3,(H,11,14). The molecule has 15 heavy (non-hydrogen) atoms. The Morgan fingerprint density at radius 1 is 1.67 bits per heavy atom. The average molecular weight is 227 g/mol. The molecule has 0 aliphatic heterocycles. The topological polar surface area (TPSA) is 46.9 Å². The van der Waals surface area contributed by atoms with Crippen LogP contribution in [0.2, 0.25) is 0 Å². The SMILES string of the molecule is CC(C)C(S)C(=O)NCc1cnn(C)c1. The van der Waals surface area contributed by atoms with Gasteiger partial charge < -0.3 is 5.32 Å². The van der Waals surface area contributed by atoms with Gasteiger partial charge >= 0.3 is 0 Å². The highest BCUT2D eigenvalue weighted by atomic mass is 32.1. The fourth-order valence-electron chi connectivity index (χ4n) is 1.16. The van der Waals surface area contributed by atoms with Gasteiger partial charge in [-0.1, -0.05) is 13.8 Å². The fraction of sp³-hybridized carbons (Fsp3) is 0.600. The van der Waals surface area contributed by atoms with E-state index in [1.165, 1.54) is 0 Å². The number of aromatic nitrogens is 2. The molecule has 0 aromatic carbocycles. The summed E-state index contributed by atoms with van der Waals surface area (Å²) in [6.45, 7) is 4.46. The van der Waals surface area contributed by atoms with E-state index in [4.69, 9.17) is 0 Å². The lowest BCUT2D eigenvalue weighted by Crippen LogP contribution is -2.33. The minimum atomic E-state index is -0.248. The van der Waals surface area contributed by atoms with Crippen LogP contribution >= 0.6 is 12.6 Å². The largest absolute Gasteiger partial charge is 0.351 e. The molecule has 0 aliphatic carbocycles. The Balaban J connectivity index is 2.40. The first-order valence-electron chi connectivity index (χ1n) is 4.94. The van der Waals surface area contributed by atoms with Gasteiger partial charge in [-0.15, -0.1) is 0 Å². The van der Waals surface area contributed by atoms with E-state index in [2.05, 4.69) is 23.0 Å². The van der Waals surface area contributed by atoms with Crippen LogP contribution < -0.4 is 5.32 Å². The first kappa shape index (κ1) is 12.1. The van der Waals surface area contributed by atoms with Crippen LogP contribution in [0.4, 0.5) is 0 Å². The summed E-state index contributed by atoms with van der Waals surface area (Å²) in [5, 5.41) is 6.60. The molecule has 0 spiro atoms. The van der Waals surface area contributed by atoms with Gasteiger partial charge in [0.25, 0.3) is 0 Å². The molecule has 1 atom stereocenters. The number of carbonyl (C=O) groups is 1. The van der Waals surface area contributed by atoms with Gasteiger partial charge in [-0.25, -0.2) is 0 Å². The van der Waals surface area contributed by atoms with Crippen LogP contribution in [0.3, 0.4) is 0 Å². The van der Waals surface area contributed by atoms with Crippen molar-refractivity contribution in [3.8, 4) is 0 Å². The van der Waals surface area contributed by atoms with Gasteiger partial charge in [-0.05, 0) is 5.92 Å². The number of rotatable bonds is 4. The summed E-state index contributed by atoms with van der Waals surface area (Å²) in [5.74, 6) is 0.208. The minimum Gasteiger partial charge on any atom is -0.351 e. The summed E-state index contributed by atoms with van der Waals surface area (Å²) in [6, 6.07) is 0. The van der Waals surface area contributed by atoms with Crippen LogP contribution in [0.5, 0.6) is 0 Å². The molecule has 0 saturated carbocycles. The molecular formula is C10H17N3OS. The van der Waals surface area contributed by atoms with Gasteiger partial charge in [-0.3, -0.25) is 9.48 Å². The Morgan fingerprint density at radius 2 is 2.33 bits per heavy atom. The highest BCUT2D eigenvalue weighted by Crippen LogP contribution is 2.08. The van der Waals surface area contributed by atoms with E-state index >= 15 is 0 Å². The fourth-order valence-corrected chi connectivity index (χ4v) is 1.25. The summed E-state index contributed by atoms with van der Waals surface area (Å²) in [6.07, 6.45) is 3.62. The second-order valence-electron chi connectivity index (χ2n) is 3.93. The molecule has 5 heteroatoms. The summed E-state index contributed by atoms with van der Waals surface area (Å²) in [4.78, 5) is 11.5. The maximum atomic E-state index is 11.5. The van der Waals surface area contributed by atoms with Crippen molar-refractivity contribution in [3.05, 3.63) is 18.0 Å². The Hall–Kier alpha value is -0.970. The molecular weight excluding hydrogens is 210 g/mol. The molecule has 1 N–H and O–H groups in total. The van der Waals surface area contributed by atoms with E-state index in [0.29, 0.717) is 6.54 Å². The number of nitrogens with one attached hydrogen (secondary N) is 1. The lowest BCUT2D eigenvalue weighted by molar-refractivity contribution is -0.121. The lowest BCUT2D eigenvalue weighted by atomic mass is 10.1. The number of aryl methyl sites for hydroxylation is 1. The van der Waals surface area contributed by atoms with Crippen molar-refractivity contribution < 1.29 is 4.79 Å². The zero-order chi connectivity index (χ0) is 11.4. The second kappa shape index (κ2) is 5.21. The molecule has 84 valence electrons. The van der Waals surface area contributed by atoms with Gasteiger partial charge in [0.05, 0.1) is 11.4 Å². The third-order valence-corrected chi connectivity index (χ3v) is 2.96. The van der Waals surface area contributed by atoms with Crippen LogP contribution in [0.15, 0.2) is 12.4 Å². The first-order chi connectivity index (χ1) is 7.00. The first-order valence-corrected chi connectivity index (χ1v) is 5.45. The molecule has 1 aromatic heterocycles. The third-order valence-electron chi connectivity index (χ3n) is 2.13. The van der Waals surface area contributed by atoms with Crippen molar-refractivity contribution in [1.82, 2.24) is 15.1 Å². The van der Waals surface area contributed by atoms with Crippen LogP contribution in [0.25, 0.3) is 0 Å². The van der Waals surface area contributed by atoms with E-state index in [9.17, 15) is 4.79 Å². The monoisotopic (exact) mass is 227 g/mol. The number of hydrogen-bond donors (Lipinski definition) is 2. The number of carbonyl (C=O) groups excluding carboxylic acids is 1. The van der Waals surface area contributed by atoms with Crippen LogP contribution in [0.1, 0.15) is 19.4 Å².